The largest absolute Gasteiger partial charge is 0.377 e. The van der Waals surface area contributed by atoms with Crippen molar-refractivity contribution >= 4 is 0 Å². The van der Waals surface area contributed by atoms with Crippen molar-refractivity contribution in [3.05, 3.63) is 0 Å². The van der Waals surface area contributed by atoms with E-state index in [0.717, 1.165) is 25.9 Å². The molecule has 0 saturated carbocycles. The van der Waals surface area contributed by atoms with Gasteiger partial charge in [-0.3, -0.25) is 11.3 Å². The van der Waals surface area contributed by atoms with Crippen molar-refractivity contribution in [1.29, 1.82) is 0 Å². The van der Waals surface area contributed by atoms with Crippen LogP contribution in [0, 0.1) is 5.92 Å². The molecule has 0 bridgehead atoms. The monoisotopic (exact) mass is 202 g/mol. The molecule has 3 nitrogen and oxygen atoms in total. The Bertz CT molecular complexity index is 122. The van der Waals surface area contributed by atoms with Crippen molar-refractivity contribution in [2.24, 2.45) is 11.8 Å². The Morgan fingerprint density at radius 2 is 1.93 bits per heavy atom. The lowest BCUT2D eigenvalue weighted by Crippen LogP contribution is -2.46. The van der Waals surface area contributed by atoms with Crippen LogP contribution in [0.1, 0.15) is 47.0 Å². The second kappa shape index (κ2) is 8.21. The fourth-order valence-electron chi connectivity index (χ4n) is 1.73. The van der Waals surface area contributed by atoms with Crippen LogP contribution in [-0.2, 0) is 4.74 Å². The van der Waals surface area contributed by atoms with Gasteiger partial charge in [0.05, 0.1) is 6.10 Å². The molecule has 0 fully saturated rings. The van der Waals surface area contributed by atoms with Gasteiger partial charge in [0.15, 0.2) is 0 Å². The van der Waals surface area contributed by atoms with Crippen molar-refractivity contribution in [1.82, 2.24) is 5.43 Å². The molecule has 0 rings (SSSR count). The van der Waals surface area contributed by atoms with Crippen molar-refractivity contribution < 1.29 is 4.74 Å². The third-order valence-corrected chi connectivity index (χ3v) is 2.34. The molecule has 0 aliphatic heterocycles. The molecule has 86 valence electrons. The van der Waals surface area contributed by atoms with Crippen LogP contribution in [0.2, 0.25) is 0 Å². The van der Waals surface area contributed by atoms with Crippen molar-refractivity contribution in [2.45, 2.75) is 59.1 Å². The van der Waals surface area contributed by atoms with Gasteiger partial charge in [-0.25, -0.2) is 0 Å². The van der Waals surface area contributed by atoms with Crippen LogP contribution in [0.15, 0.2) is 0 Å². The zero-order chi connectivity index (χ0) is 11.0. The maximum Gasteiger partial charge on any atom is 0.0741 e. The Morgan fingerprint density at radius 1 is 1.29 bits per heavy atom. The van der Waals surface area contributed by atoms with Crippen LogP contribution < -0.4 is 11.3 Å². The average Bonchev–Trinajstić information content (AvgIpc) is 2.13. The van der Waals surface area contributed by atoms with E-state index in [-0.39, 0.29) is 12.1 Å². The molecule has 14 heavy (non-hydrogen) atoms. The standard InChI is InChI=1S/C11H26N2O/c1-5-7-11(14-6-2)10(13-12)8-9(3)4/h9-11,13H,5-8,12H2,1-4H3. The molecule has 0 saturated heterocycles. The number of hydrogen-bond acceptors (Lipinski definition) is 3. The fourth-order valence-corrected chi connectivity index (χ4v) is 1.73. The summed E-state index contributed by atoms with van der Waals surface area (Å²) in [6, 6.07) is 0.287. The molecular formula is C11H26N2O. The van der Waals surface area contributed by atoms with Gasteiger partial charge >= 0.3 is 0 Å². The number of rotatable bonds is 8. The van der Waals surface area contributed by atoms with Gasteiger partial charge in [0.2, 0.25) is 0 Å². The minimum absolute atomic E-state index is 0.261. The second-order valence-electron chi connectivity index (χ2n) is 4.19. The zero-order valence-electron chi connectivity index (χ0n) is 10.0. The maximum absolute atomic E-state index is 5.69. The average molecular weight is 202 g/mol. The van der Waals surface area contributed by atoms with E-state index < -0.39 is 0 Å². The smallest absolute Gasteiger partial charge is 0.0741 e. The van der Waals surface area contributed by atoms with Gasteiger partial charge in [-0.2, -0.15) is 0 Å². The topological polar surface area (TPSA) is 47.3 Å². The SMILES string of the molecule is CCCC(OCC)C(CC(C)C)NN. The lowest BCUT2D eigenvalue weighted by Gasteiger charge is -2.27. The molecule has 0 aliphatic rings. The van der Waals surface area contributed by atoms with E-state index in [1.54, 1.807) is 0 Å². The first-order chi connectivity index (χ1) is 6.65. The Hall–Kier alpha value is -0.120. The summed E-state index contributed by atoms with van der Waals surface area (Å²) in [6.45, 7) is 9.39. The number of ether oxygens (including phenoxy) is 1. The summed E-state index contributed by atoms with van der Waals surface area (Å²) in [7, 11) is 0. The predicted molar refractivity (Wildman–Crippen MR) is 60.9 cm³/mol. The van der Waals surface area contributed by atoms with E-state index in [1.165, 1.54) is 0 Å². The van der Waals surface area contributed by atoms with Crippen molar-refractivity contribution in [2.75, 3.05) is 6.61 Å². The molecule has 0 heterocycles. The molecular weight excluding hydrogens is 176 g/mol. The zero-order valence-corrected chi connectivity index (χ0v) is 10.0. The number of hydrogen-bond donors (Lipinski definition) is 2. The van der Waals surface area contributed by atoms with Crippen LogP contribution in [0.25, 0.3) is 0 Å². The first-order valence-corrected chi connectivity index (χ1v) is 5.73. The highest BCUT2D eigenvalue weighted by Crippen LogP contribution is 2.14. The van der Waals surface area contributed by atoms with E-state index >= 15 is 0 Å². The number of hydrazine groups is 1. The Labute approximate surface area is 88.4 Å². The molecule has 0 aromatic carbocycles. The molecule has 0 aliphatic carbocycles. The van der Waals surface area contributed by atoms with E-state index in [9.17, 15) is 0 Å². The molecule has 2 atom stereocenters. The van der Waals surface area contributed by atoms with Gasteiger partial charge < -0.3 is 4.74 Å². The molecule has 3 N–H and O–H groups in total. The molecule has 0 aromatic rings. The molecule has 0 aromatic heterocycles. The molecule has 2 unspecified atom stereocenters. The molecule has 0 amide bonds. The van der Waals surface area contributed by atoms with Crippen LogP contribution >= 0.6 is 0 Å². The summed E-state index contributed by atoms with van der Waals surface area (Å²) in [5.74, 6) is 6.20. The molecule has 0 radical (unpaired) electrons. The van der Waals surface area contributed by atoms with Crippen molar-refractivity contribution in [3.8, 4) is 0 Å². The van der Waals surface area contributed by atoms with Gasteiger partial charge in [0.25, 0.3) is 0 Å². The van der Waals surface area contributed by atoms with E-state index in [4.69, 9.17) is 10.6 Å². The summed E-state index contributed by atoms with van der Waals surface area (Å²) in [5.41, 5.74) is 2.88. The number of nitrogens with two attached hydrogens (primary N) is 1. The summed E-state index contributed by atoms with van der Waals surface area (Å²) >= 11 is 0. The highest BCUT2D eigenvalue weighted by atomic mass is 16.5. The summed E-state index contributed by atoms with van der Waals surface area (Å²) in [6.07, 6.45) is 3.55. The molecule has 0 spiro atoms. The minimum atomic E-state index is 0.261. The maximum atomic E-state index is 5.69. The Kier molecular flexibility index (Phi) is 8.14. The van der Waals surface area contributed by atoms with Crippen LogP contribution in [0.3, 0.4) is 0 Å². The second-order valence-corrected chi connectivity index (χ2v) is 4.19. The fraction of sp³-hybridized carbons (Fsp3) is 1.00. The predicted octanol–water partition coefficient (Wildman–Crippen LogP) is 2.07. The Balaban J connectivity index is 4.10. The first-order valence-electron chi connectivity index (χ1n) is 5.73. The molecule has 3 heteroatoms. The highest BCUT2D eigenvalue weighted by molar-refractivity contribution is 4.76. The van der Waals surface area contributed by atoms with Crippen LogP contribution in [0.5, 0.6) is 0 Å². The van der Waals surface area contributed by atoms with Crippen LogP contribution in [0.4, 0.5) is 0 Å². The Morgan fingerprint density at radius 3 is 2.29 bits per heavy atom. The van der Waals surface area contributed by atoms with Gasteiger partial charge in [-0.15, -0.1) is 0 Å². The summed E-state index contributed by atoms with van der Waals surface area (Å²) in [4.78, 5) is 0. The van der Waals surface area contributed by atoms with Gasteiger partial charge in [0, 0.05) is 12.6 Å². The highest BCUT2D eigenvalue weighted by Gasteiger charge is 2.20. The first kappa shape index (κ1) is 13.9. The van der Waals surface area contributed by atoms with E-state index in [0.29, 0.717) is 5.92 Å². The van der Waals surface area contributed by atoms with Crippen molar-refractivity contribution in [3.63, 3.8) is 0 Å². The van der Waals surface area contributed by atoms with E-state index in [2.05, 4.69) is 26.2 Å². The van der Waals surface area contributed by atoms with Gasteiger partial charge in [-0.1, -0.05) is 27.2 Å². The van der Waals surface area contributed by atoms with Crippen LogP contribution in [-0.4, -0.2) is 18.8 Å². The van der Waals surface area contributed by atoms with Gasteiger partial charge in [-0.05, 0) is 25.7 Å². The third-order valence-electron chi connectivity index (χ3n) is 2.34. The normalized spacial score (nSPS) is 15.9. The third kappa shape index (κ3) is 5.58. The van der Waals surface area contributed by atoms with E-state index in [1.807, 2.05) is 6.92 Å². The minimum Gasteiger partial charge on any atom is -0.377 e. The van der Waals surface area contributed by atoms with Gasteiger partial charge in [0.1, 0.15) is 0 Å². The quantitative estimate of drug-likeness (QED) is 0.468. The lowest BCUT2D eigenvalue weighted by molar-refractivity contribution is 0.0227. The summed E-state index contributed by atoms with van der Waals surface area (Å²) in [5, 5.41) is 0. The lowest BCUT2D eigenvalue weighted by atomic mass is 9.97. The number of nitrogens with one attached hydrogen (secondary N) is 1. The summed E-state index contributed by atoms with van der Waals surface area (Å²) < 4.78 is 5.69.